The van der Waals surface area contributed by atoms with Gasteiger partial charge in [-0.3, -0.25) is 19.7 Å². The molecule has 2 aliphatic heterocycles. The summed E-state index contributed by atoms with van der Waals surface area (Å²) in [4.78, 5) is 50.6. The Labute approximate surface area is 175 Å². The van der Waals surface area contributed by atoms with E-state index in [0.717, 1.165) is 0 Å². The molecule has 0 saturated heterocycles. The summed E-state index contributed by atoms with van der Waals surface area (Å²) in [5.41, 5.74) is 0.339. The SMILES string of the molecule is COC(=O)C1=C(C)NC2=C(C(=O)c3ccccc32)C12C(=O)Nc1cc([N+](=O)[O-])ccc12. The number of nitrogens with zero attached hydrogens (tertiary/aromatic N) is 1. The van der Waals surface area contributed by atoms with E-state index in [9.17, 15) is 24.5 Å². The number of dihydropyridines is 1. The Morgan fingerprint density at radius 2 is 1.81 bits per heavy atom. The van der Waals surface area contributed by atoms with Crippen LogP contribution in [0.4, 0.5) is 11.4 Å². The molecule has 1 unspecified atom stereocenters. The number of hydrogen-bond acceptors (Lipinski definition) is 7. The Morgan fingerprint density at radius 3 is 2.48 bits per heavy atom. The predicted octanol–water partition coefficient (Wildman–Crippen LogP) is 2.44. The molecule has 31 heavy (non-hydrogen) atoms. The zero-order valence-electron chi connectivity index (χ0n) is 16.4. The molecule has 0 fully saturated rings. The first kappa shape index (κ1) is 18.7. The predicted molar refractivity (Wildman–Crippen MR) is 109 cm³/mol. The summed E-state index contributed by atoms with van der Waals surface area (Å²) in [6, 6.07) is 10.8. The summed E-state index contributed by atoms with van der Waals surface area (Å²) in [7, 11) is 1.19. The topological polar surface area (TPSA) is 128 Å². The van der Waals surface area contributed by atoms with Crippen molar-refractivity contribution in [1.29, 1.82) is 0 Å². The number of rotatable bonds is 2. The number of esters is 1. The highest BCUT2D eigenvalue weighted by atomic mass is 16.6. The summed E-state index contributed by atoms with van der Waals surface area (Å²) >= 11 is 0. The Hall–Kier alpha value is -4.27. The molecule has 2 aromatic rings. The van der Waals surface area contributed by atoms with Gasteiger partial charge in [0.25, 0.3) is 5.69 Å². The van der Waals surface area contributed by atoms with Crippen LogP contribution < -0.4 is 10.6 Å². The van der Waals surface area contributed by atoms with Crippen LogP contribution in [0.5, 0.6) is 0 Å². The number of carbonyl (C=O) groups is 3. The van der Waals surface area contributed by atoms with Crippen LogP contribution in [0.2, 0.25) is 0 Å². The molecule has 154 valence electrons. The number of Topliss-reactive ketones (excluding diaryl/α,β-unsaturated/α-hetero) is 1. The van der Waals surface area contributed by atoms with Crippen LogP contribution in [0.1, 0.15) is 28.4 Å². The molecular weight excluding hydrogens is 402 g/mol. The zero-order chi connectivity index (χ0) is 22.1. The number of nitro benzene ring substituents is 1. The lowest BCUT2D eigenvalue weighted by Gasteiger charge is -2.36. The van der Waals surface area contributed by atoms with Crippen LogP contribution in [-0.2, 0) is 19.7 Å². The van der Waals surface area contributed by atoms with Gasteiger partial charge in [0.1, 0.15) is 5.41 Å². The van der Waals surface area contributed by atoms with Crippen LogP contribution in [0.25, 0.3) is 5.70 Å². The third kappa shape index (κ3) is 2.17. The van der Waals surface area contributed by atoms with E-state index < -0.39 is 28.0 Å². The van der Waals surface area contributed by atoms with Gasteiger partial charge in [0.15, 0.2) is 5.78 Å². The molecule has 1 atom stereocenters. The van der Waals surface area contributed by atoms with Crippen LogP contribution in [0, 0.1) is 10.1 Å². The Kier molecular flexibility index (Phi) is 3.70. The lowest BCUT2D eigenvalue weighted by atomic mass is 9.66. The highest BCUT2D eigenvalue weighted by molar-refractivity contribution is 6.31. The Bertz CT molecular complexity index is 1320. The second kappa shape index (κ2) is 6.11. The van der Waals surface area contributed by atoms with E-state index in [1.807, 2.05) is 0 Å². The van der Waals surface area contributed by atoms with Gasteiger partial charge in [-0.15, -0.1) is 0 Å². The lowest BCUT2D eigenvalue weighted by molar-refractivity contribution is -0.384. The molecule has 3 aliphatic rings. The van der Waals surface area contributed by atoms with Crippen molar-refractivity contribution in [3.63, 3.8) is 0 Å². The molecule has 1 aliphatic carbocycles. The molecule has 5 rings (SSSR count). The Balaban J connectivity index is 1.88. The largest absolute Gasteiger partial charge is 0.466 e. The molecule has 0 radical (unpaired) electrons. The maximum Gasteiger partial charge on any atom is 0.337 e. The van der Waals surface area contributed by atoms with Crippen molar-refractivity contribution in [1.82, 2.24) is 5.32 Å². The first-order valence-corrected chi connectivity index (χ1v) is 9.38. The lowest BCUT2D eigenvalue weighted by Crippen LogP contribution is -2.47. The maximum atomic E-state index is 13.6. The van der Waals surface area contributed by atoms with E-state index in [-0.39, 0.29) is 28.1 Å². The van der Waals surface area contributed by atoms with Crippen LogP contribution in [0.3, 0.4) is 0 Å². The number of hydrogen-bond donors (Lipinski definition) is 2. The van der Waals surface area contributed by atoms with Gasteiger partial charge in [-0.2, -0.15) is 0 Å². The number of amides is 1. The van der Waals surface area contributed by atoms with Crippen molar-refractivity contribution in [2.24, 2.45) is 0 Å². The average molecular weight is 417 g/mol. The molecule has 0 aromatic heterocycles. The number of methoxy groups -OCH3 is 1. The number of carbonyl (C=O) groups excluding carboxylic acids is 3. The highest BCUT2D eigenvalue weighted by Crippen LogP contribution is 2.56. The number of ether oxygens (including phenoxy) is 1. The number of nitrogens with one attached hydrogen (secondary N) is 2. The molecule has 0 saturated carbocycles. The highest BCUT2D eigenvalue weighted by Gasteiger charge is 2.61. The summed E-state index contributed by atoms with van der Waals surface area (Å²) < 4.78 is 4.97. The van der Waals surface area contributed by atoms with E-state index in [2.05, 4.69) is 10.6 Å². The van der Waals surface area contributed by atoms with Crippen molar-refractivity contribution in [2.75, 3.05) is 12.4 Å². The van der Waals surface area contributed by atoms with E-state index in [1.165, 1.54) is 25.3 Å². The molecule has 2 heterocycles. The smallest absolute Gasteiger partial charge is 0.337 e. The van der Waals surface area contributed by atoms with Crippen molar-refractivity contribution in [3.05, 3.63) is 86.1 Å². The van der Waals surface area contributed by atoms with E-state index >= 15 is 0 Å². The zero-order valence-corrected chi connectivity index (χ0v) is 16.4. The molecule has 1 amide bonds. The van der Waals surface area contributed by atoms with Crippen molar-refractivity contribution in [3.8, 4) is 0 Å². The minimum atomic E-state index is -1.79. The fraction of sp³-hybridized carbons (Fsp3) is 0.136. The summed E-state index contributed by atoms with van der Waals surface area (Å²) in [6.07, 6.45) is 0. The van der Waals surface area contributed by atoms with Gasteiger partial charge in [-0.1, -0.05) is 24.3 Å². The fourth-order valence-corrected chi connectivity index (χ4v) is 4.75. The average Bonchev–Trinajstić information content (AvgIpc) is 3.19. The van der Waals surface area contributed by atoms with E-state index in [1.54, 1.807) is 31.2 Å². The summed E-state index contributed by atoms with van der Waals surface area (Å²) in [5, 5.41) is 17.0. The second-order valence-electron chi connectivity index (χ2n) is 7.43. The van der Waals surface area contributed by atoms with Crippen LogP contribution >= 0.6 is 0 Å². The molecule has 2 N–H and O–H groups in total. The minimum Gasteiger partial charge on any atom is -0.466 e. The molecule has 1 spiro atoms. The van der Waals surface area contributed by atoms with Crippen LogP contribution in [0.15, 0.2) is 59.3 Å². The van der Waals surface area contributed by atoms with Gasteiger partial charge in [0.2, 0.25) is 5.91 Å². The number of benzene rings is 2. The first-order chi connectivity index (χ1) is 14.8. The van der Waals surface area contributed by atoms with Gasteiger partial charge in [0, 0.05) is 40.1 Å². The minimum absolute atomic E-state index is 0.0278. The van der Waals surface area contributed by atoms with Gasteiger partial charge in [-0.25, -0.2) is 4.79 Å². The normalized spacial score (nSPS) is 20.8. The number of allylic oxidation sites excluding steroid dienone is 1. The summed E-state index contributed by atoms with van der Waals surface area (Å²) in [5.74, 6) is -1.81. The fourth-order valence-electron chi connectivity index (χ4n) is 4.75. The molecule has 0 bridgehead atoms. The maximum absolute atomic E-state index is 13.6. The van der Waals surface area contributed by atoms with Gasteiger partial charge < -0.3 is 15.4 Å². The van der Waals surface area contributed by atoms with Crippen molar-refractivity contribution >= 4 is 34.7 Å². The quantitative estimate of drug-likeness (QED) is 0.436. The third-order valence-corrected chi connectivity index (χ3v) is 5.95. The molecule has 9 heteroatoms. The van der Waals surface area contributed by atoms with Crippen molar-refractivity contribution < 1.29 is 24.0 Å². The van der Waals surface area contributed by atoms with E-state index in [4.69, 9.17) is 4.74 Å². The van der Waals surface area contributed by atoms with E-state index in [0.29, 0.717) is 22.5 Å². The van der Waals surface area contributed by atoms with Crippen LogP contribution in [-0.4, -0.2) is 29.7 Å². The number of fused-ring (bicyclic) bond motifs is 5. The van der Waals surface area contributed by atoms with Gasteiger partial charge in [0.05, 0.1) is 29.0 Å². The number of non-ortho nitro benzene ring substituents is 1. The first-order valence-electron chi connectivity index (χ1n) is 9.38. The standard InChI is InChI=1S/C22H15N3O6/c1-10-16(20(27)31-2)22(14-8-7-11(25(29)30)9-15(14)24-21(22)28)17-18(23-10)12-5-3-4-6-13(12)19(17)26/h3-9,23H,1-2H3,(H,24,28). The van der Waals surface area contributed by atoms with Gasteiger partial charge in [-0.05, 0) is 13.0 Å². The summed E-state index contributed by atoms with van der Waals surface area (Å²) in [6.45, 7) is 1.62. The number of anilines is 1. The Morgan fingerprint density at radius 1 is 1.10 bits per heavy atom. The molecule has 9 nitrogen and oxygen atoms in total. The monoisotopic (exact) mass is 417 g/mol. The second-order valence-corrected chi connectivity index (χ2v) is 7.43. The molecular formula is C22H15N3O6. The molecule has 2 aromatic carbocycles. The van der Waals surface area contributed by atoms with Crippen molar-refractivity contribution in [2.45, 2.75) is 12.3 Å². The van der Waals surface area contributed by atoms with Gasteiger partial charge >= 0.3 is 5.97 Å². The number of nitro groups is 1. The third-order valence-electron chi connectivity index (χ3n) is 5.95. The number of ketones is 1.